The fourth-order valence-electron chi connectivity index (χ4n) is 0.815. The summed E-state index contributed by atoms with van der Waals surface area (Å²) in [7, 11) is 0. The summed E-state index contributed by atoms with van der Waals surface area (Å²) in [5.41, 5.74) is 10.9. The summed E-state index contributed by atoms with van der Waals surface area (Å²) in [6, 6.07) is 0. The number of aromatic nitrogens is 2. The van der Waals surface area contributed by atoms with Gasteiger partial charge in [0.25, 0.3) is 0 Å². The topological polar surface area (TPSA) is 101 Å². The maximum Gasteiger partial charge on any atom is 0.235 e. The predicted molar refractivity (Wildman–Crippen MR) is 57.7 cm³/mol. The molecule has 8 heteroatoms. The van der Waals surface area contributed by atoms with E-state index in [0.29, 0.717) is 18.7 Å². The second-order valence-corrected chi connectivity index (χ2v) is 6.36. The van der Waals surface area contributed by atoms with Gasteiger partial charge in [-0.1, -0.05) is 0 Å². The van der Waals surface area contributed by atoms with Gasteiger partial charge in [-0.2, -0.15) is 0 Å². The van der Waals surface area contributed by atoms with Gasteiger partial charge in [0.1, 0.15) is 0 Å². The SMILES string of the molecule is Nc1ncc([S+]([O-])c2cnc(N)s2)s1. The third-order valence-corrected chi connectivity index (χ3v) is 4.96. The van der Waals surface area contributed by atoms with Crippen LogP contribution < -0.4 is 11.5 Å². The fraction of sp³-hybridized carbons (Fsp3) is 0. The van der Waals surface area contributed by atoms with Crippen LogP contribution in [0.3, 0.4) is 0 Å². The summed E-state index contributed by atoms with van der Waals surface area (Å²) in [5.74, 6) is 0. The van der Waals surface area contributed by atoms with Crippen molar-refractivity contribution >= 4 is 44.1 Å². The Morgan fingerprint density at radius 2 is 1.50 bits per heavy atom. The molecule has 0 saturated carbocycles. The van der Waals surface area contributed by atoms with E-state index in [2.05, 4.69) is 9.97 Å². The van der Waals surface area contributed by atoms with Crippen molar-refractivity contribution in [2.45, 2.75) is 8.42 Å². The summed E-state index contributed by atoms with van der Waals surface area (Å²) in [4.78, 5) is 7.65. The molecule has 0 spiro atoms. The average Bonchev–Trinajstić information content (AvgIpc) is 2.73. The van der Waals surface area contributed by atoms with Gasteiger partial charge in [0.15, 0.2) is 10.3 Å². The highest BCUT2D eigenvalue weighted by Crippen LogP contribution is 2.30. The Morgan fingerprint density at radius 1 is 1.07 bits per heavy atom. The molecule has 0 unspecified atom stereocenters. The minimum atomic E-state index is -1.25. The standard InChI is InChI=1S/C6H6N4OS3/c7-5-9-1-3(12-5)14(11)4-2-10-6(8)13-4/h1-2H,(H2,7,9)(H2,8,10). The van der Waals surface area contributed by atoms with Crippen LogP contribution >= 0.6 is 22.7 Å². The molecule has 4 N–H and O–H groups in total. The number of hydrogen-bond acceptors (Lipinski definition) is 7. The maximum atomic E-state index is 11.8. The summed E-state index contributed by atoms with van der Waals surface area (Å²) in [6.45, 7) is 0. The third kappa shape index (κ3) is 1.82. The van der Waals surface area contributed by atoms with Gasteiger partial charge in [-0.05, 0) is 22.7 Å². The first-order chi connectivity index (χ1) is 6.66. The van der Waals surface area contributed by atoms with Gasteiger partial charge in [-0.15, -0.1) is 0 Å². The minimum Gasteiger partial charge on any atom is -0.605 e. The van der Waals surface area contributed by atoms with E-state index in [1.807, 2.05) is 0 Å². The first kappa shape index (κ1) is 9.71. The van der Waals surface area contributed by atoms with Gasteiger partial charge in [-0.3, -0.25) is 0 Å². The highest BCUT2D eigenvalue weighted by Gasteiger charge is 2.20. The predicted octanol–water partition coefficient (Wildman–Crippen LogP) is 0.931. The van der Waals surface area contributed by atoms with E-state index in [-0.39, 0.29) is 0 Å². The molecule has 5 nitrogen and oxygen atoms in total. The second kappa shape index (κ2) is 3.73. The summed E-state index contributed by atoms with van der Waals surface area (Å²) < 4.78 is 13.0. The molecule has 0 bridgehead atoms. The lowest BCUT2D eigenvalue weighted by Crippen LogP contribution is -1.96. The van der Waals surface area contributed by atoms with E-state index in [0.717, 1.165) is 0 Å². The van der Waals surface area contributed by atoms with E-state index in [1.54, 1.807) is 0 Å². The number of nitrogens with two attached hydrogens (primary N) is 2. The number of rotatable bonds is 2. The Balaban J connectivity index is 2.28. The highest BCUT2D eigenvalue weighted by atomic mass is 32.3. The quantitative estimate of drug-likeness (QED) is 0.768. The summed E-state index contributed by atoms with van der Waals surface area (Å²) in [6.07, 6.45) is 3.01. The van der Waals surface area contributed by atoms with E-state index in [4.69, 9.17) is 11.5 Å². The lowest BCUT2D eigenvalue weighted by molar-refractivity contribution is 0.598. The van der Waals surface area contributed by atoms with Gasteiger partial charge in [0, 0.05) is 11.2 Å². The molecule has 0 radical (unpaired) electrons. The molecule has 2 heterocycles. The Bertz CT molecular complexity index is 399. The van der Waals surface area contributed by atoms with Crippen molar-refractivity contribution in [1.82, 2.24) is 9.97 Å². The Morgan fingerprint density at radius 3 is 1.79 bits per heavy atom. The molecule has 2 aromatic rings. The molecule has 0 atom stereocenters. The van der Waals surface area contributed by atoms with Crippen LogP contribution in [-0.4, -0.2) is 14.5 Å². The Labute approximate surface area is 91.0 Å². The largest absolute Gasteiger partial charge is 0.605 e. The smallest absolute Gasteiger partial charge is 0.235 e. The first-order valence-electron chi connectivity index (χ1n) is 3.51. The zero-order valence-electron chi connectivity index (χ0n) is 6.84. The van der Waals surface area contributed by atoms with Crippen molar-refractivity contribution in [2.24, 2.45) is 0 Å². The molecule has 2 aromatic heterocycles. The zero-order chi connectivity index (χ0) is 10.1. The average molecular weight is 246 g/mol. The van der Waals surface area contributed by atoms with Gasteiger partial charge < -0.3 is 16.0 Å². The van der Waals surface area contributed by atoms with Crippen molar-refractivity contribution < 1.29 is 4.55 Å². The molecule has 0 aromatic carbocycles. The van der Waals surface area contributed by atoms with Crippen molar-refractivity contribution in [3.63, 3.8) is 0 Å². The van der Waals surface area contributed by atoms with Crippen LogP contribution in [0.25, 0.3) is 0 Å². The molecule has 0 aliphatic rings. The molecule has 0 aliphatic heterocycles. The molecular weight excluding hydrogens is 240 g/mol. The van der Waals surface area contributed by atoms with Crippen LogP contribution in [0.5, 0.6) is 0 Å². The minimum absolute atomic E-state index is 0.408. The van der Waals surface area contributed by atoms with E-state index in [9.17, 15) is 4.55 Å². The van der Waals surface area contributed by atoms with Crippen LogP contribution in [0.1, 0.15) is 0 Å². The monoisotopic (exact) mass is 246 g/mol. The van der Waals surface area contributed by atoms with Gasteiger partial charge in [-0.25, -0.2) is 9.97 Å². The number of nitrogens with zero attached hydrogens (tertiary/aromatic N) is 2. The van der Waals surface area contributed by atoms with Crippen LogP contribution in [0.2, 0.25) is 0 Å². The molecule has 0 fully saturated rings. The first-order valence-corrected chi connectivity index (χ1v) is 6.29. The molecule has 0 aliphatic carbocycles. The van der Waals surface area contributed by atoms with Crippen molar-refractivity contribution in [2.75, 3.05) is 11.5 Å². The Kier molecular flexibility index (Phi) is 2.59. The highest BCUT2D eigenvalue weighted by molar-refractivity contribution is 7.95. The van der Waals surface area contributed by atoms with E-state index in [1.165, 1.54) is 35.1 Å². The lowest BCUT2D eigenvalue weighted by Gasteiger charge is -2.01. The molecule has 2 rings (SSSR count). The third-order valence-electron chi connectivity index (χ3n) is 1.37. The second-order valence-electron chi connectivity index (χ2n) is 2.30. The van der Waals surface area contributed by atoms with Crippen LogP contribution in [0.15, 0.2) is 20.8 Å². The van der Waals surface area contributed by atoms with Gasteiger partial charge >= 0.3 is 0 Å². The van der Waals surface area contributed by atoms with Gasteiger partial charge in [0.05, 0.1) is 12.4 Å². The maximum absolute atomic E-state index is 11.8. The van der Waals surface area contributed by atoms with E-state index < -0.39 is 11.2 Å². The summed E-state index contributed by atoms with van der Waals surface area (Å²) in [5, 5.41) is 0.816. The van der Waals surface area contributed by atoms with Gasteiger partial charge in [0.2, 0.25) is 8.42 Å². The van der Waals surface area contributed by atoms with Crippen LogP contribution in [0, 0.1) is 0 Å². The fourth-order valence-corrected chi connectivity index (χ4v) is 3.96. The number of nitrogen functional groups attached to an aromatic ring is 2. The molecule has 74 valence electrons. The lowest BCUT2D eigenvalue weighted by atomic mass is 11.0. The molecule has 0 saturated heterocycles. The van der Waals surface area contributed by atoms with Crippen molar-refractivity contribution in [3.05, 3.63) is 12.4 Å². The molecule has 0 amide bonds. The van der Waals surface area contributed by atoms with Crippen molar-refractivity contribution in [1.29, 1.82) is 0 Å². The number of anilines is 2. The van der Waals surface area contributed by atoms with Crippen LogP contribution in [-0.2, 0) is 11.2 Å². The summed E-state index contributed by atoms with van der Waals surface area (Å²) >= 11 is 1.16. The number of hydrogen-bond donors (Lipinski definition) is 2. The molecule has 14 heavy (non-hydrogen) atoms. The van der Waals surface area contributed by atoms with Crippen molar-refractivity contribution in [3.8, 4) is 0 Å². The number of thiazole rings is 2. The van der Waals surface area contributed by atoms with Crippen LogP contribution in [0.4, 0.5) is 10.3 Å². The van der Waals surface area contributed by atoms with E-state index >= 15 is 0 Å². The normalized spacial score (nSPS) is 11.0. The zero-order valence-corrected chi connectivity index (χ0v) is 9.29. The Hall–Kier alpha value is -0.830. The molecular formula is C6H6N4OS3.